The van der Waals surface area contributed by atoms with Gasteiger partial charge in [-0.2, -0.15) is 0 Å². The molecule has 1 aliphatic rings. The topological polar surface area (TPSA) is 78.9 Å². The molecule has 0 bridgehead atoms. The number of nitrogens with zero attached hydrogens (tertiary/aromatic N) is 1. The van der Waals surface area contributed by atoms with Gasteiger partial charge in [0.2, 0.25) is 0 Å². The van der Waals surface area contributed by atoms with Crippen LogP contribution < -0.4 is 5.32 Å². The van der Waals surface area contributed by atoms with Crippen molar-refractivity contribution in [2.75, 3.05) is 33.4 Å². The molecule has 1 heterocycles. The molecule has 0 aromatic heterocycles. The Balaban J connectivity index is 2.66. The number of piperazine rings is 1. The van der Waals surface area contributed by atoms with Gasteiger partial charge in [-0.15, -0.1) is 0 Å². The number of rotatable bonds is 4. The predicted octanol–water partition coefficient (Wildman–Crippen LogP) is -0.290. The van der Waals surface area contributed by atoms with E-state index < -0.39 is 6.09 Å². The maximum atomic E-state index is 10.8. The summed E-state index contributed by atoms with van der Waals surface area (Å²) in [6, 6.07) is -0.144. The number of hydrogen-bond donors (Lipinski definition) is 2. The molecule has 1 saturated heterocycles. The van der Waals surface area contributed by atoms with Crippen molar-refractivity contribution in [2.24, 2.45) is 0 Å². The fraction of sp³-hybridized carbons (Fsp3) is 0.600. The summed E-state index contributed by atoms with van der Waals surface area (Å²) in [5.41, 5.74) is 0.767. The summed E-state index contributed by atoms with van der Waals surface area (Å²) in [6.07, 6.45) is 1.18. The first-order chi connectivity index (χ1) is 7.69. The number of amides is 1. The van der Waals surface area contributed by atoms with Crippen molar-refractivity contribution in [1.82, 2.24) is 10.2 Å². The predicted molar refractivity (Wildman–Crippen MR) is 57.4 cm³/mol. The number of nitrogens with one attached hydrogen (secondary N) is 1. The molecule has 0 aromatic carbocycles. The minimum Gasteiger partial charge on any atom is -0.465 e. The van der Waals surface area contributed by atoms with Crippen molar-refractivity contribution in [2.45, 2.75) is 6.04 Å². The van der Waals surface area contributed by atoms with Crippen LogP contribution in [0.4, 0.5) is 4.79 Å². The quantitative estimate of drug-likeness (QED) is 0.510. The van der Waals surface area contributed by atoms with E-state index in [2.05, 4.69) is 5.32 Å². The highest BCUT2D eigenvalue weighted by Gasteiger charge is 2.24. The molecule has 1 atom stereocenters. The van der Waals surface area contributed by atoms with Gasteiger partial charge in [0, 0.05) is 32.8 Å². The molecule has 1 fully saturated rings. The van der Waals surface area contributed by atoms with Crippen molar-refractivity contribution >= 4 is 12.4 Å². The van der Waals surface area contributed by atoms with Gasteiger partial charge in [-0.1, -0.05) is 0 Å². The third-order valence-corrected chi connectivity index (χ3v) is 2.49. The van der Waals surface area contributed by atoms with E-state index in [0.29, 0.717) is 32.5 Å². The number of hydrogen-bond acceptors (Lipinski definition) is 4. The summed E-state index contributed by atoms with van der Waals surface area (Å²) in [4.78, 5) is 22.6. The number of allylic oxidation sites excluding steroid dienone is 1. The minimum absolute atomic E-state index is 0.144. The largest absolute Gasteiger partial charge is 0.465 e. The first-order valence-corrected chi connectivity index (χ1v) is 5.03. The Morgan fingerprint density at radius 2 is 2.44 bits per heavy atom. The highest BCUT2D eigenvalue weighted by Crippen LogP contribution is 2.09. The fourth-order valence-electron chi connectivity index (χ4n) is 1.69. The summed E-state index contributed by atoms with van der Waals surface area (Å²) >= 11 is 0. The summed E-state index contributed by atoms with van der Waals surface area (Å²) in [5, 5.41) is 12.0. The third kappa shape index (κ3) is 3.32. The normalized spacial score (nSPS) is 21.9. The van der Waals surface area contributed by atoms with E-state index in [1.807, 2.05) is 0 Å². The molecule has 0 radical (unpaired) electrons. The second-order valence-electron chi connectivity index (χ2n) is 3.55. The van der Waals surface area contributed by atoms with Gasteiger partial charge in [0.05, 0.1) is 6.61 Å². The lowest BCUT2D eigenvalue weighted by Gasteiger charge is -2.33. The molecule has 1 amide bonds. The maximum Gasteiger partial charge on any atom is 0.407 e. The Labute approximate surface area is 93.9 Å². The van der Waals surface area contributed by atoms with Gasteiger partial charge in [0.1, 0.15) is 6.29 Å². The van der Waals surface area contributed by atoms with Crippen molar-refractivity contribution in [3.05, 3.63) is 11.6 Å². The number of carbonyl (C=O) groups excluding carboxylic acids is 1. The second kappa shape index (κ2) is 6.24. The number of carboxylic acid groups (broad SMARTS) is 1. The zero-order valence-corrected chi connectivity index (χ0v) is 9.18. The highest BCUT2D eigenvalue weighted by atomic mass is 16.5. The standard InChI is InChI=1S/C10H16N2O4/c1-16-7-8(2-5-13)9-6-12(10(14)15)4-3-11-9/h2,5,9,11H,3-4,6-7H2,1H3,(H,14,15)/t9-/m1/s1. The van der Waals surface area contributed by atoms with Crippen LogP contribution in [-0.4, -0.2) is 61.8 Å². The van der Waals surface area contributed by atoms with Crippen LogP contribution in [0.1, 0.15) is 0 Å². The van der Waals surface area contributed by atoms with Crippen LogP contribution in [0.15, 0.2) is 11.6 Å². The Hall–Kier alpha value is -1.40. The van der Waals surface area contributed by atoms with Gasteiger partial charge in [-0.05, 0) is 11.6 Å². The first-order valence-electron chi connectivity index (χ1n) is 5.03. The van der Waals surface area contributed by atoms with E-state index >= 15 is 0 Å². The molecule has 90 valence electrons. The number of carbonyl (C=O) groups is 2. The molecule has 0 aromatic rings. The first kappa shape index (κ1) is 12.7. The van der Waals surface area contributed by atoms with E-state index in [1.165, 1.54) is 18.1 Å². The third-order valence-electron chi connectivity index (χ3n) is 2.49. The molecular formula is C10H16N2O4. The summed E-state index contributed by atoms with van der Waals surface area (Å²) in [5.74, 6) is 0. The molecule has 1 aliphatic heterocycles. The molecule has 0 aliphatic carbocycles. The number of methoxy groups -OCH3 is 1. The number of aldehydes is 1. The zero-order chi connectivity index (χ0) is 12.0. The lowest BCUT2D eigenvalue weighted by Crippen LogP contribution is -2.53. The van der Waals surface area contributed by atoms with Crippen LogP contribution in [-0.2, 0) is 9.53 Å². The van der Waals surface area contributed by atoms with Gasteiger partial charge in [-0.3, -0.25) is 4.79 Å². The van der Waals surface area contributed by atoms with Crippen LogP contribution in [0, 0.1) is 0 Å². The molecule has 6 heteroatoms. The number of ether oxygens (including phenoxy) is 1. The van der Waals surface area contributed by atoms with E-state index in [-0.39, 0.29) is 6.04 Å². The Morgan fingerprint density at radius 3 is 3.00 bits per heavy atom. The van der Waals surface area contributed by atoms with Crippen LogP contribution in [0.5, 0.6) is 0 Å². The fourth-order valence-corrected chi connectivity index (χ4v) is 1.69. The van der Waals surface area contributed by atoms with Crippen molar-refractivity contribution in [3.63, 3.8) is 0 Å². The smallest absolute Gasteiger partial charge is 0.407 e. The van der Waals surface area contributed by atoms with Gasteiger partial charge in [-0.25, -0.2) is 4.79 Å². The highest BCUT2D eigenvalue weighted by molar-refractivity contribution is 5.67. The van der Waals surface area contributed by atoms with Crippen LogP contribution in [0.2, 0.25) is 0 Å². The van der Waals surface area contributed by atoms with E-state index in [0.717, 1.165) is 5.57 Å². The molecule has 0 spiro atoms. The zero-order valence-electron chi connectivity index (χ0n) is 9.18. The molecule has 0 unspecified atom stereocenters. The molecule has 16 heavy (non-hydrogen) atoms. The van der Waals surface area contributed by atoms with Crippen LogP contribution >= 0.6 is 0 Å². The second-order valence-corrected chi connectivity index (χ2v) is 3.55. The van der Waals surface area contributed by atoms with E-state index in [1.54, 1.807) is 0 Å². The molecule has 6 nitrogen and oxygen atoms in total. The molecule has 2 N–H and O–H groups in total. The molecule has 0 saturated carbocycles. The molecule has 1 rings (SSSR count). The minimum atomic E-state index is -0.936. The monoisotopic (exact) mass is 228 g/mol. The van der Waals surface area contributed by atoms with Gasteiger partial charge in [0.15, 0.2) is 0 Å². The molecular weight excluding hydrogens is 212 g/mol. The van der Waals surface area contributed by atoms with Crippen molar-refractivity contribution < 1.29 is 19.4 Å². The SMILES string of the molecule is COCC(=CC=O)[C@H]1CN(C(=O)O)CCN1. The lowest BCUT2D eigenvalue weighted by molar-refractivity contribution is -0.104. The van der Waals surface area contributed by atoms with Crippen molar-refractivity contribution in [1.29, 1.82) is 0 Å². The van der Waals surface area contributed by atoms with E-state index in [4.69, 9.17) is 9.84 Å². The summed E-state index contributed by atoms with van der Waals surface area (Å²) in [7, 11) is 1.54. The average Bonchev–Trinajstić information content (AvgIpc) is 2.29. The van der Waals surface area contributed by atoms with Gasteiger partial charge in [0.25, 0.3) is 0 Å². The Morgan fingerprint density at radius 1 is 1.69 bits per heavy atom. The van der Waals surface area contributed by atoms with Crippen LogP contribution in [0.3, 0.4) is 0 Å². The summed E-state index contributed by atoms with van der Waals surface area (Å²) in [6.45, 7) is 1.71. The van der Waals surface area contributed by atoms with Gasteiger partial charge < -0.3 is 20.1 Å². The Bertz CT molecular complexity index is 291. The lowest BCUT2D eigenvalue weighted by atomic mass is 10.1. The average molecular weight is 228 g/mol. The summed E-state index contributed by atoms with van der Waals surface area (Å²) < 4.78 is 4.97. The van der Waals surface area contributed by atoms with Crippen molar-refractivity contribution in [3.8, 4) is 0 Å². The van der Waals surface area contributed by atoms with E-state index in [9.17, 15) is 9.59 Å². The maximum absolute atomic E-state index is 10.8. The van der Waals surface area contributed by atoms with Crippen LogP contribution in [0.25, 0.3) is 0 Å². The Kier molecular flexibility index (Phi) is 4.94. The van der Waals surface area contributed by atoms with Gasteiger partial charge >= 0.3 is 6.09 Å².